The maximum Gasteiger partial charge on any atom is 0.0305 e. The summed E-state index contributed by atoms with van der Waals surface area (Å²) in [5.74, 6) is 0. The third-order valence-corrected chi connectivity index (χ3v) is 4.29. The van der Waals surface area contributed by atoms with Crippen molar-refractivity contribution in [1.82, 2.24) is 0 Å². The Morgan fingerprint density at radius 3 is 2.29 bits per heavy atom. The van der Waals surface area contributed by atoms with E-state index in [0.29, 0.717) is 0 Å². The summed E-state index contributed by atoms with van der Waals surface area (Å²) in [5.41, 5.74) is 8.94. The summed E-state index contributed by atoms with van der Waals surface area (Å²) in [5, 5.41) is 4.40. The second-order valence-electron chi connectivity index (χ2n) is 5.03. The van der Waals surface area contributed by atoms with Crippen LogP contribution in [0.25, 0.3) is 0 Å². The van der Waals surface area contributed by atoms with E-state index in [9.17, 15) is 0 Å². The van der Waals surface area contributed by atoms with E-state index in [1.807, 2.05) is 0 Å². The van der Waals surface area contributed by atoms with Crippen LogP contribution in [0.15, 0.2) is 10.8 Å². The molecule has 1 rings (SSSR count). The maximum absolute atomic E-state index is 6.21. The average Bonchev–Trinajstić information content (AvgIpc) is 2.74. The van der Waals surface area contributed by atoms with Gasteiger partial charge >= 0.3 is 0 Å². The van der Waals surface area contributed by atoms with Crippen molar-refractivity contribution in [2.75, 3.05) is 0 Å². The Morgan fingerprint density at radius 2 is 1.71 bits per heavy atom. The van der Waals surface area contributed by atoms with Gasteiger partial charge in [-0.1, -0.05) is 51.9 Å². The van der Waals surface area contributed by atoms with Crippen LogP contribution in [0.4, 0.5) is 0 Å². The zero-order chi connectivity index (χ0) is 12.5. The predicted molar refractivity (Wildman–Crippen MR) is 78.6 cm³/mol. The van der Waals surface area contributed by atoms with E-state index < -0.39 is 0 Å². The van der Waals surface area contributed by atoms with E-state index in [1.165, 1.54) is 56.1 Å². The largest absolute Gasteiger partial charge is 0.324 e. The lowest BCUT2D eigenvalue weighted by Gasteiger charge is -2.11. The van der Waals surface area contributed by atoms with Gasteiger partial charge < -0.3 is 5.73 Å². The molecule has 0 aliphatic rings. The maximum atomic E-state index is 6.21. The zero-order valence-electron chi connectivity index (χ0n) is 11.4. The van der Waals surface area contributed by atoms with Crippen LogP contribution < -0.4 is 5.73 Å². The number of hydrogen-bond acceptors (Lipinski definition) is 2. The molecule has 2 N–H and O–H groups in total. The van der Waals surface area contributed by atoms with E-state index in [2.05, 4.69) is 24.6 Å². The molecule has 0 aliphatic heterocycles. The van der Waals surface area contributed by atoms with Crippen LogP contribution in [0, 0.1) is 6.92 Å². The fourth-order valence-corrected chi connectivity index (χ4v) is 3.14. The molecule has 0 saturated heterocycles. The molecule has 1 nitrogen and oxygen atoms in total. The SMILES string of the molecule is CCCCCCCCCC(N)c1cscc1C. The van der Waals surface area contributed by atoms with Crippen molar-refractivity contribution in [3.8, 4) is 0 Å². The van der Waals surface area contributed by atoms with Crippen LogP contribution in [0.2, 0.25) is 0 Å². The van der Waals surface area contributed by atoms with Crippen LogP contribution in [0.1, 0.15) is 75.5 Å². The molecular formula is C15H27NS. The third-order valence-electron chi connectivity index (χ3n) is 3.41. The van der Waals surface area contributed by atoms with E-state index >= 15 is 0 Å². The van der Waals surface area contributed by atoms with Gasteiger partial charge in [-0.25, -0.2) is 0 Å². The number of thiophene rings is 1. The van der Waals surface area contributed by atoms with Crippen LogP contribution in [-0.4, -0.2) is 0 Å². The molecule has 0 aliphatic carbocycles. The first-order chi connectivity index (χ1) is 8.25. The summed E-state index contributed by atoms with van der Waals surface area (Å²) in [6, 6.07) is 0.261. The van der Waals surface area contributed by atoms with E-state index in [0.717, 1.165) is 6.42 Å². The molecule has 0 spiro atoms. The van der Waals surface area contributed by atoms with Crippen molar-refractivity contribution in [3.05, 3.63) is 21.9 Å². The normalized spacial score (nSPS) is 12.9. The minimum atomic E-state index is 0.261. The second kappa shape index (κ2) is 8.71. The Kier molecular flexibility index (Phi) is 7.54. The molecule has 0 fully saturated rings. The van der Waals surface area contributed by atoms with Crippen molar-refractivity contribution in [2.45, 2.75) is 71.3 Å². The monoisotopic (exact) mass is 253 g/mol. The standard InChI is InChI=1S/C15H27NS/c1-3-4-5-6-7-8-9-10-15(16)14-12-17-11-13(14)2/h11-12,15H,3-10,16H2,1-2H3. The minimum Gasteiger partial charge on any atom is -0.324 e. The molecule has 0 bridgehead atoms. The van der Waals surface area contributed by atoms with E-state index in [4.69, 9.17) is 5.73 Å². The van der Waals surface area contributed by atoms with Gasteiger partial charge in [-0.05, 0) is 35.2 Å². The summed E-state index contributed by atoms with van der Waals surface area (Å²) >= 11 is 1.77. The molecule has 98 valence electrons. The van der Waals surface area contributed by atoms with Crippen molar-refractivity contribution >= 4 is 11.3 Å². The van der Waals surface area contributed by atoms with Crippen molar-refractivity contribution in [3.63, 3.8) is 0 Å². The van der Waals surface area contributed by atoms with Crippen molar-refractivity contribution in [2.24, 2.45) is 5.73 Å². The van der Waals surface area contributed by atoms with Gasteiger partial charge in [0.15, 0.2) is 0 Å². The first-order valence-electron chi connectivity index (χ1n) is 7.04. The Bertz CT molecular complexity index is 293. The molecule has 0 aromatic carbocycles. The highest BCUT2D eigenvalue weighted by atomic mass is 32.1. The summed E-state index contributed by atoms with van der Waals surface area (Å²) in [6.45, 7) is 4.43. The Hall–Kier alpha value is -0.340. The number of hydrogen-bond donors (Lipinski definition) is 1. The molecule has 1 heterocycles. The van der Waals surface area contributed by atoms with Gasteiger partial charge in [0.2, 0.25) is 0 Å². The third kappa shape index (κ3) is 5.69. The van der Waals surface area contributed by atoms with Gasteiger partial charge in [0.1, 0.15) is 0 Å². The molecule has 1 aromatic heterocycles. The average molecular weight is 253 g/mol. The molecule has 0 amide bonds. The lowest BCUT2D eigenvalue weighted by molar-refractivity contribution is 0.541. The van der Waals surface area contributed by atoms with E-state index in [1.54, 1.807) is 11.3 Å². The molecule has 1 atom stereocenters. The number of unbranched alkanes of at least 4 members (excludes halogenated alkanes) is 6. The molecule has 2 heteroatoms. The highest BCUT2D eigenvalue weighted by molar-refractivity contribution is 7.08. The second-order valence-corrected chi connectivity index (χ2v) is 5.77. The molecule has 0 radical (unpaired) electrons. The van der Waals surface area contributed by atoms with Gasteiger partial charge in [-0.2, -0.15) is 11.3 Å². The minimum absolute atomic E-state index is 0.261. The zero-order valence-corrected chi connectivity index (χ0v) is 12.2. The summed E-state index contributed by atoms with van der Waals surface area (Å²) in [7, 11) is 0. The van der Waals surface area contributed by atoms with Gasteiger partial charge in [-0.3, -0.25) is 0 Å². The lowest BCUT2D eigenvalue weighted by Crippen LogP contribution is -2.10. The van der Waals surface area contributed by atoms with Gasteiger partial charge in [-0.15, -0.1) is 0 Å². The summed E-state index contributed by atoms with van der Waals surface area (Å²) in [4.78, 5) is 0. The topological polar surface area (TPSA) is 26.0 Å². The van der Waals surface area contributed by atoms with Crippen molar-refractivity contribution in [1.29, 1.82) is 0 Å². The van der Waals surface area contributed by atoms with Crippen molar-refractivity contribution < 1.29 is 0 Å². The smallest absolute Gasteiger partial charge is 0.0305 e. The molecular weight excluding hydrogens is 226 g/mol. The molecule has 0 saturated carbocycles. The molecule has 1 unspecified atom stereocenters. The summed E-state index contributed by atoms with van der Waals surface area (Å²) < 4.78 is 0. The fraction of sp³-hybridized carbons (Fsp3) is 0.733. The number of rotatable bonds is 9. The Labute approximate surface area is 110 Å². The number of aryl methyl sites for hydroxylation is 1. The van der Waals surface area contributed by atoms with E-state index in [-0.39, 0.29) is 6.04 Å². The first-order valence-corrected chi connectivity index (χ1v) is 7.98. The number of nitrogens with two attached hydrogens (primary N) is 1. The van der Waals surface area contributed by atoms with Crippen LogP contribution in [-0.2, 0) is 0 Å². The lowest BCUT2D eigenvalue weighted by atomic mass is 10.00. The van der Waals surface area contributed by atoms with Gasteiger partial charge in [0, 0.05) is 6.04 Å². The summed E-state index contributed by atoms with van der Waals surface area (Å²) in [6.07, 6.45) is 10.7. The highest BCUT2D eigenvalue weighted by Crippen LogP contribution is 2.24. The molecule has 1 aromatic rings. The van der Waals surface area contributed by atoms with Crippen LogP contribution in [0.5, 0.6) is 0 Å². The Balaban J connectivity index is 2.05. The van der Waals surface area contributed by atoms with Crippen LogP contribution in [0.3, 0.4) is 0 Å². The van der Waals surface area contributed by atoms with Gasteiger partial charge in [0.05, 0.1) is 0 Å². The quantitative estimate of drug-likeness (QED) is 0.602. The predicted octanol–water partition coefficient (Wildman–Crippen LogP) is 5.20. The Morgan fingerprint density at radius 1 is 1.06 bits per heavy atom. The highest BCUT2D eigenvalue weighted by Gasteiger charge is 2.08. The first kappa shape index (κ1) is 14.7. The van der Waals surface area contributed by atoms with Gasteiger partial charge in [0.25, 0.3) is 0 Å². The fourth-order valence-electron chi connectivity index (χ4n) is 2.23. The van der Waals surface area contributed by atoms with Crippen LogP contribution >= 0.6 is 11.3 Å². The molecule has 17 heavy (non-hydrogen) atoms.